The molecule has 2 rings (SSSR count). The van der Waals surface area contributed by atoms with Crippen LogP contribution in [-0.4, -0.2) is 183 Å². The van der Waals surface area contributed by atoms with E-state index in [0.29, 0.717) is 0 Å². The molecule has 0 saturated carbocycles. The van der Waals surface area contributed by atoms with Gasteiger partial charge in [0.15, 0.2) is 18.7 Å². The summed E-state index contributed by atoms with van der Waals surface area (Å²) in [6.45, 7) is 2.16. The highest BCUT2D eigenvalue weighted by molar-refractivity contribution is 5.75. The highest BCUT2D eigenvalue weighted by atomic mass is 16.8. The van der Waals surface area contributed by atoms with Crippen LogP contribution in [0, 0.1) is 0 Å². The summed E-state index contributed by atoms with van der Waals surface area (Å²) in [6.07, 6.45) is -11.3. The van der Waals surface area contributed by atoms with Crippen molar-refractivity contribution in [3.63, 3.8) is 0 Å². The summed E-state index contributed by atoms with van der Waals surface area (Å²) in [6, 6.07) is 0. The first kappa shape index (κ1) is 40.1. The Morgan fingerprint density at radius 3 is 1.67 bits per heavy atom. The van der Waals surface area contributed by atoms with Crippen LogP contribution in [0.3, 0.4) is 0 Å². The van der Waals surface area contributed by atoms with Crippen LogP contribution in [0.15, 0.2) is 0 Å². The van der Waals surface area contributed by atoms with Gasteiger partial charge in [0, 0.05) is 71.1 Å². The average Bonchev–Trinajstić information content (AvgIpc) is 3.06. The standard InChI is InChI=1S/C29H54O16/c1-15(33-4)18(19(35-6)16(34-5)13-31-2)43-28-25(39-10)21(36-7)20(17(42-28)14-32-3)44-29-26(40-11)23(38-9)22(37-8)24(45-29)27(30)41-12/h15-26,28-29H,13-14H2,1-12H3. The molecule has 0 N–H and O–H groups in total. The second kappa shape index (κ2) is 20.3. The van der Waals surface area contributed by atoms with Gasteiger partial charge in [0.25, 0.3) is 0 Å². The van der Waals surface area contributed by atoms with Crippen molar-refractivity contribution in [3.8, 4) is 0 Å². The average molecular weight is 659 g/mol. The second-order valence-electron chi connectivity index (χ2n) is 10.5. The van der Waals surface area contributed by atoms with Gasteiger partial charge in [0.2, 0.25) is 0 Å². The van der Waals surface area contributed by atoms with E-state index in [-0.39, 0.29) is 13.2 Å². The van der Waals surface area contributed by atoms with E-state index in [2.05, 4.69) is 0 Å². The predicted octanol–water partition coefficient (Wildman–Crippen LogP) is -0.188. The molecule has 2 aliphatic rings. The lowest BCUT2D eigenvalue weighted by Gasteiger charge is -2.49. The van der Waals surface area contributed by atoms with Gasteiger partial charge >= 0.3 is 5.97 Å². The predicted molar refractivity (Wildman–Crippen MR) is 155 cm³/mol. The quantitative estimate of drug-likeness (QED) is 0.159. The van der Waals surface area contributed by atoms with Crippen LogP contribution in [0.2, 0.25) is 0 Å². The van der Waals surface area contributed by atoms with Gasteiger partial charge in [0.1, 0.15) is 61.0 Å². The third-order valence-electron chi connectivity index (χ3n) is 8.22. The molecule has 2 aliphatic heterocycles. The fourth-order valence-electron chi connectivity index (χ4n) is 5.82. The van der Waals surface area contributed by atoms with Crippen molar-refractivity contribution in [1.29, 1.82) is 0 Å². The van der Waals surface area contributed by atoms with Crippen LogP contribution in [0.25, 0.3) is 0 Å². The van der Waals surface area contributed by atoms with Crippen molar-refractivity contribution in [3.05, 3.63) is 0 Å². The summed E-state index contributed by atoms with van der Waals surface area (Å²) in [5.41, 5.74) is 0. The van der Waals surface area contributed by atoms with Crippen molar-refractivity contribution < 1.29 is 75.8 Å². The number of ether oxygens (including phenoxy) is 15. The molecule has 2 saturated heterocycles. The SMILES string of the molecule is COCC(OC)C(OC)C(OC1OC(COC)C(OC2OC(C(=O)OC)C(OC)C(OC)C2OC)C(OC)C1OC)C(C)OC. The normalized spacial score (nSPS) is 35.0. The first-order chi connectivity index (χ1) is 21.7. The maximum absolute atomic E-state index is 12.7. The molecule has 0 aliphatic carbocycles. The first-order valence-corrected chi connectivity index (χ1v) is 14.6. The fraction of sp³-hybridized carbons (Fsp3) is 0.966. The summed E-state index contributed by atoms with van der Waals surface area (Å²) in [5.74, 6) is -0.666. The molecule has 14 atom stereocenters. The molecule has 16 heteroatoms. The molecule has 0 radical (unpaired) electrons. The van der Waals surface area contributed by atoms with Crippen LogP contribution >= 0.6 is 0 Å². The molecular formula is C29H54O16. The van der Waals surface area contributed by atoms with Gasteiger partial charge in [-0.3, -0.25) is 0 Å². The molecule has 45 heavy (non-hydrogen) atoms. The summed E-state index contributed by atoms with van der Waals surface area (Å²) in [4.78, 5) is 12.7. The zero-order valence-electron chi connectivity index (χ0n) is 28.5. The van der Waals surface area contributed by atoms with E-state index in [9.17, 15) is 4.79 Å². The monoisotopic (exact) mass is 658 g/mol. The van der Waals surface area contributed by atoms with E-state index in [4.69, 9.17) is 71.1 Å². The Hall–Kier alpha value is -1.09. The number of carbonyl (C=O) groups is 1. The minimum atomic E-state index is -1.18. The van der Waals surface area contributed by atoms with E-state index < -0.39 is 91.8 Å². The topological polar surface area (TPSA) is 156 Å². The van der Waals surface area contributed by atoms with Crippen LogP contribution < -0.4 is 0 Å². The van der Waals surface area contributed by atoms with Crippen molar-refractivity contribution in [2.75, 3.05) is 91.4 Å². The molecule has 266 valence electrons. The molecule has 14 unspecified atom stereocenters. The maximum atomic E-state index is 12.7. The van der Waals surface area contributed by atoms with Gasteiger partial charge in [-0.2, -0.15) is 0 Å². The molecule has 0 amide bonds. The number of esters is 1. The van der Waals surface area contributed by atoms with E-state index in [1.54, 1.807) is 28.4 Å². The largest absolute Gasteiger partial charge is 0.467 e. The Morgan fingerprint density at radius 1 is 0.622 bits per heavy atom. The zero-order chi connectivity index (χ0) is 33.7. The Bertz CT molecular complexity index is 821. The molecule has 0 aromatic rings. The molecule has 0 aromatic carbocycles. The maximum Gasteiger partial charge on any atom is 0.337 e. The lowest BCUT2D eigenvalue weighted by Crippen LogP contribution is -2.67. The Kier molecular flexibility index (Phi) is 18.1. The van der Waals surface area contributed by atoms with Crippen LogP contribution in [0.5, 0.6) is 0 Å². The fourth-order valence-corrected chi connectivity index (χ4v) is 5.82. The van der Waals surface area contributed by atoms with E-state index in [0.717, 1.165) is 0 Å². The Morgan fingerprint density at radius 2 is 1.20 bits per heavy atom. The van der Waals surface area contributed by atoms with Gasteiger partial charge < -0.3 is 71.1 Å². The van der Waals surface area contributed by atoms with E-state index in [1.165, 1.54) is 49.8 Å². The number of hydrogen-bond acceptors (Lipinski definition) is 16. The molecular weight excluding hydrogens is 604 g/mol. The zero-order valence-corrected chi connectivity index (χ0v) is 28.5. The number of methoxy groups -OCH3 is 11. The van der Waals surface area contributed by atoms with Gasteiger partial charge in [-0.05, 0) is 6.92 Å². The van der Waals surface area contributed by atoms with Gasteiger partial charge in [-0.25, -0.2) is 4.79 Å². The lowest BCUT2D eigenvalue weighted by atomic mass is 9.95. The lowest BCUT2D eigenvalue weighted by molar-refractivity contribution is -0.372. The summed E-state index contributed by atoms with van der Waals surface area (Å²) >= 11 is 0. The molecule has 0 spiro atoms. The number of hydrogen-bond donors (Lipinski definition) is 0. The highest BCUT2D eigenvalue weighted by Crippen LogP contribution is 2.35. The molecule has 0 bridgehead atoms. The van der Waals surface area contributed by atoms with Crippen molar-refractivity contribution in [1.82, 2.24) is 0 Å². The Labute approximate surface area is 266 Å². The van der Waals surface area contributed by atoms with Crippen molar-refractivity contribution in [2.24, 2.45) is 0 Å². The highest BCUT2D eigenvalue weighted by Gasteiger charge is 2.55. The van der Waals surface area contributed by atoms with Crippen LogP contribution in [-0.2, 0) is 75.8 Å². The van der Waals surface area contributed by atoms with Crippen LogP contribution in [0.1, 0.15) is 6.92 Å². The number of carbonyl (C=O) groups excluding carboxylic acids is 1. The number of rotatable bonds is 20. The smallest absolute Gasteiger partial charge is 0.337 e. The second-order valence-corrected chi connectivity index (χ2v) is 10.5. The summed E-state index contributed by atoms with van der Waals surface area (Å²) in [5, 5.41) is 0. The minimum absolute atomic E-state index is 0.0720. The molecule has 2 heterocycles. The third kappa shape index (κ3) is 9.51. The summed E-state index contributed by atoms with van der Waals surface area (Å²) in [7, 11) is 16.4. The van der Waals surface area contributed by atoms with E-state index in [1.807, 2.05) is 6.92 Å². The van der Waals surface area contributed by atoms with Crippen LogP contribution in [0.4, 0.5) is 0 Å². The Balaban J connectivity index is 2.47. The molecule has 0 aromatic heterocycles. The van der Waals surface area contributed by atoms with Crippen molar-refractivity contribution in [2.45, 2.75) is 92.8 Å². The van der Waals surface area contributed by atoms with Crippen molar-refractivity contribution >= 4 is 5.97 Å². The third-order valence-corrected chi connectivity index (χ3v) is 8.22. The molecule has 2 fully saturated rings. The van der Waals surface area contributed by atoms with Gasteiger partial charge in [-0.1, -0.05) is 0 Å². The first-order valence-electron chi connectivity index (χ1n) is 14.6. The molecule has 16 nitrogen and oxygen atoms in total. The summed E-state index contributed by atoms with van der Waals surface area (Å²) < 4.78 is 87.5. The van der Waals surface area contributed by atoms with Gasteiger partial charge in [0.05, 0.1) is 26.4 Å². The minimum Gasteiger partial charge on any atom is -0.467 e. The van der Waals surface area contributed by atoms with Gasteiger partial charge in [-0.15, -0.1) is 0 Å². The van der Waals surface area contributed by atoms with E-state index >= 15 is 0 Å².